The van der Waals surface area contributed by atoms with Crippen LogP contribution in [-0.4, -0.2) is 73.0 Å². The average Bonchev–Trinajstić information content (AvgIpc) is 2.43. The third-order valence-electron chi connectivity index (χ3n) is 3.74. The van der Waals surface area contributed by atoms with Crippen molar-refractivity contribution >= 4 is 5.97 Å². The van der Waals surface area contributed by atoms with E-state index in [1.165, 1.54) is 0 Å². The Kier molecular flexibility index (Phi) is 8.06. The van der Waals surface area contributed by atoms with Crippen LogP contribution in [0.5, 0.6) is 0 Å². The van der Waals surface area contributed by atoms with Crippen molar-refractivity contribution in [3.05, 3.63) is 0 Å². The minimum absolute atomic E-state index is 0.213. The van der Waals surface area contributed by atoms with E-state index >= 15 is 0 Å². The summed E-state index contributed by atoms with van der Waals surface area (Å²) in [5, 5.41) is 8.34. The van der Waals surface area contributed by atoms with Crippen molar-refractivity contribution in [2.75, 3.05) is 39.8 Å². The Bertz CT molecular complexity index is 278. The fourth-order valence-corrected chi connectivity index (χ4v) is 2.52. The number of carbonyl (C=O) groups is 1. The molecule has 0 aromatic rings. The van der Waals surface area contributed by atoms with Crippen LogP contribution in [0.25, 0.3) is 0 Å². The van der Waals surface area contributed by atoms with E-state index in [0.29, 0.717) is 19.2 Å². The van der Waals surface area contributed by atoms with Crippen LogP contribution in [0.15, 0.2) is 0 Å². The second kappa shape index (κ2) is 9.28. The van der Waals surface area contributed by atoms with Crippen molar-refractivity contribution in [1.82, 2.24) is 9.80 Å². The van der Waals surface area contributed by atoms with Gasteiger partial charge in [-0.25, -0.2) is 4.79 Å². The van der Waals surface area contributed by atoms with Crippen molar-refractivity contribution in [2.24, 2.45) is 0 Å². The monoisotopic (exact) mass is 288 g/mol. The Morgan fingerprint density at radius 2 is 2.00 bits per heavy atom. The first-order chi connectivity index (χ1) is 9.52. The number of likely N-dealkylation sites (tertiary alicyclic amines) is 1. The molecule has 0 amide bonds. The molecule has 118 valence electrons. The summed E-state index contributed by atoms with van der Waals surface area (Å²) in [6.07, 6.45) is 2.64. The highest BCUT2D eigenvalue weighted by Crippen LogP contribution is 2.16. The second-order valence-electron chi connectivity index (χ2n) is 5.70. The molecule has 1 N–H and O–H groups in total. The van der Waals surface area contributed by atoms with Crippen molar-refractivity contribution in [2.45, 2.75) is 45.3 Å². The zero-order valence-electron chi connectivity index (χ0n) is 12.9. The molecule has 1 rings (SSSR count). The number of carbonyl (C=O) groups excluding carboxylic acids is 1. The van der Waals surface area contributed by atoms with Gasteiger partial charge in [0.2, 0.25) is 0 Å². The SMILES string of the molecule is CC(C)OCCN(CCC(=O)OO)C1CCN(C)CC1. The lowest BCUT2D eigenvalue weighted by molar-refractivity contribution is -0.234. The summed E-state index contributed by atoms with van der Waals surface area (Å²) in [5.74, 6) is -0.576. The summed E-state index contributed by atoms with van der Waals surface area (Å²) in [7, 11) is 2.13. The third kappa shape index (κ3) is 6.65. The number of nitrogens with zero attached hydrogens (tertiary/aromatic N) is 2. The lowest BCUT2D eigenvalue weighted by Gasteiger charge is -2.37. The maximum absolute atomic E-state index is 11.1. The molecule has 0 bridgehead atoms. The molecule has 1 aliphatic heterocycles. The van der Waals surface area contributed by atoms with E-state index in [-0.39, 0.29) is 12.5 Å². The van der Waals surface area contributed by atoms with Gasteiger partial charge in [0.25, 0.3) is 0 Å². The Morgan fingerprint density at radius 1 is 1.35 bits per heavy atom. The number of ether oxygens (including phenoxy) is 1. The minimum Gasteiger partial charge on any atom is -0.377 e. The molecule has 0 unspecified atom stereocenters. The maximum Gasteiger partial charge on any atom is 0.343 e. The molecule has 0 atom stereocenters. The number of hydrogen-bond donors (Lipinski definition) is 1. The van der Waals surface area contributed by atoms with E-state index in [9.17, 15) is 4.79 Å². The minimum atomic E-state index is -0.576. The molecular formula is C14H28N2O4. The van der Waals surface area contributed by atoms with Gasteiger partial charge in [-0.05, 0) is 46.8 Å². The van der Waals surface area contributed by atoms with Gasteiger partial charge in [0.15, 0.2) is 0 Å². The standard InChI is InChI=1S/C14H28N2O4/c1-12(2)19-11-10-16(9-6-14(17)20-18)13-4-7-15(3)8-5-13/h12-13,18H,4-11H2,1-3H3. The zero-order valence-corrected chi connectivity index (χ0v) is 12.9. The molecule has 0 aliphatic carbocycles. The predicted octanol–water partition coefficient (Wildman–Crippen LogP) is 1.21. The smallest absolute Gasteiger partial charge is 0.343 e. The van der Waals surface area contributed by atoms with Gasteiger partial charge in [-0.3, -0.25) is 4.90 Å². The molecule has 20 heavy (non-hydrogen) atoms. The molecule has 1 fully saturated rings. The molecule has 0 aromatic heterocycles. The van der Waals surface area contributed by atoms with Crippen molar-refractivity contribution < 1.29 is 19.7 Å². The van der Waals surface area contributed by atoms with Gasteiger partial charge in [0.05, 0.1) is 19.1 Å². The fraction of sp³-hybridized carbons (Fsp3) is 0.929. The van der Waals surface area contributed by atoms with E-state index < -0.39 is 5.97 Å². The first kappa shape index (κ1) is 17.4. The highest BCUT2D eigenvalue weighted by molar-refractivity contribution is 5.68. The van der Waals surface area contributed by atoms with Crippen LogP contribution in [0.2, 0.25) is 0 Å². The largest absolute Gasteiger partial charge is 0.377 e. The Morgan fingerprint density at radius 3 is 2.55 bits per heavy atom. The van der Waals surface area contributed by atoms with Crippen LogP contribution in [0.3, 0.4) is 0 Å². The molecule has 1 heterocycles. The van der Waals surface area contributed by atoms with E-state index in [2.05, 4.69) is 21.7 Å². The van der Waals surface area contributed by atoms with E-state index in [1.807, 2.05) is 13.8 Å². The van der Waals surface area contributed by atoms with E-state index in [0.717, 1.165) is 32.5 Å². The highest BCUT2D eigenvalue weighted by atomic mass is 17.1. The predicted molar refractivity (Wildman–Crippen MR) is 76.5 cm³/mol. The van der Waals surface area contributed by atoms with Gasteiger partial charge in [-0.15, -0.1) is 0 Å². The first-order valence-electron chi connectivity index (χ1n) is 7.41. The normalized spacial score (nSPS) is 17.9. The fourth-order valence-electron chi connectivity index (χ4n) is 2.52. The van der Waals surface area contributed by atoms with Gasteiger partial charge in [0, 0.05) is 19.1 Å². The van der Waals surface area contributed by atoms with Crippen molar-refractivity contribution in [1.29, 1.82) is 0 Å². The molecule has 0 saturated carbocycles. The Labute approximate surface area is 121 Å². The van der Waals surface area contributed by atoms with Crippen LogP contribution in [0, 0.1) is 0 Å². The highest BCUT2D eigenvalue weighted by Gasteiger charge is 2.23. The van der Waals surface area contributed by atoms with Crippen LogP contribution in [0.4, 0.5) is 0 Å². The third-order valence-corrected chi connectivity index (χ3v) is 3.74. The van der Waals surface area contributed by atoms with Crippen molar-refractivity contribution in [3.63, 3.8) is 0 Å². The molecule has 0 aromatic carbocycles. The lowest BCUT2D eigenvalue weighted by Crippen LogP contribution is -2.45. The first-order valence-corrected chi connectivity index (χ1v) is 7.41. The van der Waals surface area contributed by atoms with Gasteiger partial charge in [0.1, 0.15) is 0 Å². The number of hydrogen-bond acceptors (Lipinski definition) is 6. The van der Waals surface area contributed by atoms with Crippen LogP contribution < -0.4 is 0 Å². The zero-order chi connectivity index (χ0) is 15.0. The topological polar surface area (TPSA) is 62.2 Å². The molecular weight excluding hydrogens is 260 g/mol. The maximum atomic E-state index is 11.1. The van der Waals surface area contributed by atoms with Crippen LogP contribution >= 0.6 is 0 Å². The summed E-state index contributed by atoms with van der Waals surface area (Å²) in [6.45, 7) is 8.28. The van der Waals surface area contributed by atoms with Crippen LogP contribution in [-0.2, 0) is 14.4 Å². The summed E-state index contributed by atoms with van der Waals surface area (Å²) in [5.41, 5.74) is 0. The molecule has 0 radical (unpaired) electrons. The summed E-state index contributed by atoms with van der Waals surface area (Å²) >= 11 is 0. The molecule has 0 spiro atoms. The molecule has 6 nitrogen and oxygen atoms in total. The quantitative estimate of drug-likeness (QED) is 0.535. The number of piperidine rings is 1. The average molecular weight is 288 g/mol. The summed E-state index contributed by atoms with van der Waals surface area (Å²) < 4.78 is 5.60. The van der Waals surface area contributed by atoms with Crippen molar-refractivity contribution in [3.8, 4) is 0 Å². The van der Waals surface area contributed by atoms with Gasteiger partial charge in [-0.1, -0.05) is 0 Å². The van der Waals surface area contributed by atoms with E-state index in [4.69, 9.17) is 9.99 Å². The second-order valence-corrected chi connectivity index (χ2v) is 5.70. The van der Waals surface area contributed by atoms with Gasteiger partial charge < -0.3 is 14.5 Å². The van der Waals surface area contributed by atoms with Crippen LogP contribution in [0.1, 0.15) is 33.1 Å². The summed E-state index contributed by atoms with van der Waals surface area (Å²) in [6, 6.07) is 0.480. The Hall–Kier alpha value is -0.690. The number of rotatable bonds is 8. The molecule has 1 saturated heterocycles. The van der Waals surface area contributed by atoms with Gasteiger partial charge >= 0.3 is 5.97 Å². The molecule has 6 heteroatoms. The van der Waals surface area contributed by atoms with E-state index in [1.54, 1.807) is 0 Å². The van der Waals surface area contributed by atoms with Gasteiger partial charge in [-0.2, -0.15) is 5.26 Å². The lowest BCUT2D eigenvalue weighted by atomic mass is 10.0. The summed E-state index contributed by atoms with van der Waals surface area (Å²) in [4.78, 5) is 19.4. The molecule has 1 aliphatic rings. The Balaban J connectivity index is 2.42.